The molecule has 0 aliphatic rings. The van der Waals surface area contributed by atoms with Crippen LogP contribution in [0.5, 0.6) is 0 Å². The lowest BCUT2D eigenvalue weighted by Gasteiger charge is -2.10. The van der Waals surface area contributed by atoms with E-state index in [0.717, 1.165) is 27.7 Å². The van der Waals surface area contributed by atoms with Crippen LogP contribution in [0.25, 0.3) is 11.1 Å². The van der Waals surface area contributed by atoms with E-state index in [1.807, 2.05) is 31.2 Å². The molecule has 88 valence electrons. The summed E-state index contributed by atoms with van der Waals surface area (Å²) in [5.74, 6) is 0.644. The normalized spacial score (nSPS) is 10.5. The SMILES string of the molecule is CCc1nc(N)nc(N)c1-c1cccc(Br)c1. The van der Waals surface area contributed by atoms with E-state index in [2.05, 4.69) is 25.9 Å². The molecule has 2 aromatic rings. The highest BCUT2D eigenvalue weighted by Gasteiger charge is 2.12. The minimum atomic E-state index is 0.220. The van der Waals surface area contributed by atoms with Gasteiger partial charge in [0, 0.05) is 10.0 Å². The Morgan fingerprint density at radius 1 is 1.24 bits per heavy atom. The van der Waals surface area contributed by atoms with Crippen LogP contribution < -0.4 is 11.5 Å². The summed E-state index contributed by atoms with van der Waals surface area (Å²) in [6, 6.07) is 7.89. The lowest BCUT2D eigenvalue weighted by Crippen LogP contribution is -2.06. The largest absolute Gasteiger partial charge is 0.383 e. The van der Waals surface area contributed by atoms with Crippen LogP contribution in [0.1, 0.15) is 12.6 Å². The van der Waals surface area contributed by atoms with Crippen LogP contribution in [0, 0.1) is 0 Å². The first kappa shape index (κ1) is 11.9. The molecule has 0 radical (unpaired) electrons. The summed E-state index contributed by atoms with van der Waals surface area (Å²) in [6.07, 6.45) is 0.763. The molecule has 0 atom stereocenters. The molecule has 0 fully saturated rings. The Bertz CT molecular complexity index is 554. The number of nitrogens with two attached hydrogens (primary N) is 2. The number of anilines is 2. The fraction of sp³-hybridized carbons (Fsp3) is 0.167. The molecule has 1 aromatic heterocycles. The fourth-order valence-electron chi connectivity index (χ4n) is 1.76. The molecule has 0 amide bonds. The minimum absolute atomic E-state index is 0.220. The van der Waals surface area contributed by atoms with Gasteiger partial charge in [-0.1, -0.05) is 35.0 Å². The Morgan fingerprint density at radius 2 is 2.00 bits per heavy atom. The molecule has 0 saturated heterocycles. The zero-order valence-electron chi connectivity index (χ0n) is 9.44. The van der Waals surface area contributed by atoms with Crippen molar-refractivity contribution >= 4 is 27.7 Å². The topological polar surface area (TPSA) is 77.8 Å². The van der Waals surface area contributed by atoms with Gasteiger partial charge in [0.1, 0.15) is 5.82 Å². The average molecular weight is 293 g/mol. The molecule has 0 unspecified atom stereocenters. The van der Waals surface area contributed by atoms with E-state index in [-0.39, 0.29) is 5.95 Å². The second-order valence-electron chi connectivity index (χ2n) is 3.65. The quantitative estimate of drug-likeness (QED) is 0.892. The summed E-state index contributed by atoms with van der Waals surface area (Å²) in [5.41, 5.74) is 14.3. The molecule has 0 saturated carbocycles. The van der Waals surface area contributed by atoms with Crippen LogP contribution >= 0.6 is 15.9 Å². The number of hydrogen-bond donors (Lipinski definition) is 2. The van der Waals surface area contributed by atoms with Gasteiger partial charge in [-0.05, 0) is 24.1 Å². The summed E-state index contributed by atoms with van der Waals surface area (Å²) < 4.78 is 0.994. The molecular weight excluding hydrogens is 280 g/mol. The molecule has 17 heavy (non-hydrogen) atoms. The van der Waals surface area contributed by atoms with Crippen molar-refractivity contribution in [2.24, 2.45) is 0 Å². The Kier molecular flexibility index (Phi) is 3.28. The van der Waals surface area contributed by atoms with Gasteiger partial charge in [-0.2, -0.15) is 4.98 Å². The maximum absolute atomic E-state index is 5.93. The van der Waals surface area contributed by atoms with Crippen molar-refractivity contribution in [3.05, 3.63) is 34.4 Å². The van der Waals surface area contributed by atoms with Crippen molar-refractivity contribution in [1.82, 2.24) is 9.97 Å². The predicted molar refractivity (Wildman–Crippen MR) is 73.4 cm³/mol. The Hall–Kier alpha value is -1.62. The third kappa shape index (κ3) is 2.39. The number of halogens is 1. The van der Waals surface area contributed by atoms with Crippen LogP contribution in [-0.4, -0.2) is 9.97 Å². The number of hydrogen-bond acceptors (Lipinski definition) is 4. The van der Waals surface area contributed by atoms with Crippen molar-refractivity contribution in [1.29, 1.82) is 0 Å². The maximum atomic E-state index is 5.93. The molecule has 0 spiro atoms. The third-order valence-corrected chi connectivity index (χ3v) is 2.97. The monoisotopic (exact) mass is 292 g/mol. The van der Waals surface area contributed by atoms with E-state index in [9.17, 15) is 0 Å². The summed E-state index contributed by atoms with van der Waals surface area (Å²) >= 11 is 3.44. The van der Waals surface area contributed by atoms with Gasteiger partial charge in [0.05, 0.1) is 5.69 Å². The van der Waals surface area contributed by atoms with E-state index >= 15 is 0 Å². The van der Waals surface area contributed by atoms with Gasteiger partial charge in [0.2, 0.25) is 5.95 Å². The molecule has 1 heterocycles. The number of aromatic nitrogens is 2. The number of nitrogens with zero attached hydrogens (tertiary/aromatic N) is 2. The lowest BCUT2D eigenvalue weighted by atomic mass is 10.0. The Balaban J connectivity index is 2.66. The summed E-state index contributed by atoms with van der Waals surface area (Å²) in [7, 11) is 0. The fourth-order valence-corrected chi connectivity index (χ4v) is 2.16. The Labute approximate surface area is 108 Å². The molecule has 5 heteroatoms. The standard InChI is InChI=1S/C12H13BrN4/c1-2-9-10(11(14)17-12(15)16-9)7-4-3-5-8(13)6-7/h3-6H,2H2,1H3,(H4,14,15,16,17). The van der Waals surface area contributed by atoms with Gasteiger partial charge in [0.25, 0.3) is 0 Å². The molecule has 2 rings (SSSR count). The van der Waals surface area contributed by atoms with Crippen molar-refractivity contribution < 1.29 is 0 Å². The Morgan fingerprint density at radius 3 is 2.65 bits per heavy atom. The molecule has 0 bridgehead atoms. The van der Waals surface area contributed by atoms with E-state index in [0.29, 0.717) is 5.82 Å². The smallest absolute Gasteiger partial charge is 0.222 e. The van der Waals surface area contributed by atoms with Crippen molar-refractivity contribution in [3.8, 4) is 11.1 Å². The van der Waals surface area contributed by atoms with E-state index < -0.39 is 0 Å². The molecule has 1 aromatic carbocycles. The van der Waals surface area contributed by atoms with Crippen molar-refractivity contribution in [3.63, 3.8) is 0 Å². The van der Waals surface area contributed by atoms with Gasteiger partial charge in [0.15, 0.2) is 0 Å². The third-order valence-electron chi connectivity index (χ3n) is 2.48. The van der Waals surface area contributed by atoms with Gasteiger partial charge < -0.3 is 11.5 Å². The second kappa shape index (κ2) is 4.71. The molecule has 4 nitrogen and oxygen atoms in total. The van der Waals surface area contributed by atoms with Crippen LogP contribution in [-0.2, 0) is 6.42 Å². The highest BCUT2D eigenvalue weighted by Crippen LogP contribution is 2.30. The first-order valence-corrected chi connectivity index (χ1v) is 6.09. The van der Waals surface area contributed by atoms with Gasteiger partial charge in [-0.3, -0.25) is 0 Å². The molecular formula is C12H13BrN4. The number of nitrogen functional groups attached to an aromatic ring is 2. The van der Waals surface area contributed by atoms with E-state index in [4.69, 9.17) is 11.5 Å². The van der Waals surface area contributed by atoms with Gasteiger partial charge in [-0.25, -0.2) is 4.98 Å². The average Bonchev–Trinajstić information content (AvgIpc) is 2.27. The second-order valence-corrected chi connectivity index (χ2v) is 4.57. The highest BCUT2D eigenvalue weighted by atomic mass is 79.9. The van der Waals surface area contributed by atoms with Crippen LogP contribution in [0.15, 0.2) is 28.7 Å². The molecule has 0 aliphatic heterocycles. The number of benzene rings is 1. The minimum Gasteiger partial charge on any atom is -0.383 e. The van der Waals surface area contributed by atoms with E-state index in [1.54, 1.807) is 0 Å². The predicted octanol–water partition coefficient (Wildman–Crippen LogP) is 2.63. The maximum Gasteiger partial charge on any atom is 0.222 e. The zero-order valence-corrected chi connectivity index (χ0v) is 11.0. The number of aryl methyl sites for hydroxylation is 1. The van der Waals surface area contributed by atoms with Gasteiger partial charge in [-0.15, -0.1) is 0 Å². The first-order chi connectivity index (χ1) is 8.11. The van der Waals surface area contributed by atoms with Crippen molar-refractivity contribution in [2.75, 3.05) is 11.5 Å². The van der Waals surface area contributed by atoms with Crippen LogP contribution in [0.3, 0.4) is 0 Å². The summed E-state index contributed by atoms with van der Waals surface area (Å²) in [5, 5.41) is 0. The van der Waals surface area contributed by atoms with Crippen LogP contribution in [0.4, 0.5) is 11.8 Å². The lowest BCUT2D eigenvalue weighted by molar-refractivity contribution is 1.02. The van der Waals surface area contributed by atoms with Crippen LogP contribution in [0.2, 0.25) is 0 Å². The molecule has 0 aliphatic carbocycles. The summed E-state index contributed by atoms with van der Waals surface area (Å²) in [4.78, 5) is 8.25. The molecule has 4 N–H and O–H groups in total. The van der Waals surface area contributed by atoms with Gasteiger partial charge >= 0.3 is 0 Å². The first-order valence-electron chi connectivity index (χ1n) is 5.29. The van der Waals surface area contributed by atoms with E-state index in [1.165, 1.54) is 0 Å². The zero-order chi connectivity index (χ0) is 12.4. The van der Waals surface area contributed by atoms with Crippen molar-refractivity contribution in [2.45, 2.75) is 13.3 Å². The summed E-state index contributed by atoms with van der Waals surface area (Å²) in [6.45, 7) is 2.02. The highest BCUT2D eigenvalue weighted by molar-refractivity contribution is 9.10. The number of rotatable bonds is 2.